The predicted octanol–water partition coefficient (Wildman–Crippen LogP) is 1.98. The number of nitrogens with zero attached hydrogens (tertiary/aromatic N) is 1. The van der Waals surface area contributed by atoms with E-state index in [4.69, 9.17) is 0 Å². The van der Waals surface area contributed by atoms with Crippen molar-refractivity contribution < 1.29 is 5.11 Å². The molecular weight excluding hydrogens is 162 g/mol. The summed E-state index contributed by atoms with van der Waals surface area (Å²) in [6.07, 6.45) is 6.60. The Morgan fingerprint density at radius 3 is 2.23 bits per heavy atom. The number of aliphatic hydroxyl groups excluding tert-OH is 1. The van der Waals surface area contributed by atoms with Gasteiger partial charge >= 0.3 is 0 Å². The zero-order valence-electron chi connectivity index (χ0n) is 8.74. The fourth-order valence-corrected chi connectivity index (χ4v) is 2.78. The van der Waals surface area contributed by atoms with E-state index in [0.717, 1.165) is 0 Å². The van der Waals surface area contributed by atoms with Gasteiger partial charge in [-0.05, 0) is 18.8 Å². The van der Waals surface area contributed by atoms with E-state index in [-0.39, 0.29) is 6.23 Å². The van der Waals surface area contributed by atoms with Gasteiger partial charge in [0.1, 0.15) is 6.23 Å². The molecular formula is C11H21NO. The lowest BCUT2D eigenvalue weighted by Crippen LogP contribution is -2.25. The van der Waals surface area contributed by atoms with Gasteiger partial charge in [-0.1, -0.05) is 33.1 Å². The highest BCUT2D eigenvalue weighted by molar-refractivity contribution is 5.00. The molecule has 0 aromatic heterocycles. The first-order valence-electron chi connectivity index (χ1n) is 5.67. The molecule has 13 heavy (non-hydrogen) atoms. The summed E-state index contributed by atoms with van der Waals surface area (Å²) in [5.74, 6) is 0.608. The zero-order valence-corrected chi connectivity index (χ0v) is 8.74. The maximum absolute atomic E-state index is 9.73. The highest BCUT2D eigenvalue weighted by Gasteiger charge is 2.51. The summed E-state index contributed by atoms with van der Waals surface area (Å²) in [5.41, 5.74) is 0. The van der Waals surface area contributed by atoms with Gasteiger partial charge in [0.15, 0.2) is 0 Å². The van der Waals surface area contributed by atoms with Gasteiger partial charge in [0.05, 0.1) is 6.04 Å². The fourth-order valence-electron chi connectivity index (χ4n) is 2.78. The van der Waals surface area contributed by atoms with E-state index >= 15 is 0 Å². The molecule has 3 unspecified atom stereocenters. The molecule has 0 amide bonds. The van der Waals surface area contributed by atoms with E-state index in [1.165, 1.54) is 32.1 Å². The van der Waals surface area contributed by atoms with Gasteiger partial charge in [0.2, 0.25) is 0 Å². The van der Waals surface area contributed by atoms with Gasteiger partial charge in [-0.3, -0.25) is 4.90 Å². The second kappa shape index (κ2) is 3.58. The van der Waals surface area contributed by atoms with Gasteiger partial charge in [-0.25, -0.2) is 0 Å². The third-order valence-corrected chi connectivity index (χ3v) is 3.54. The van der Waals surface area contributed by atoms with Crippen LogP contribution in [-0.2, 0) is 0 Å². The first-order valence-corrected chi connectivity index (χ1v) is 5.67. The molecule has 1 saturated carbocycles. The summed E-state index contributed by atoms with van der Waals surface area (Å²) < 4.78 is 0. The maximum Gasteiger partial charge on any atom is 0.124 e. The third kappa shape index (κ3) is 1.75. The molecule has 1 aliphatic carbocycles. The van der Waals surface area contributed by atoms with Gasteiger partial charge in [0, 0.05) is 6.04 Å². The van der Waals surface area contributed by atoms with E-state index in [0.29, 0.717) is 18.0 Å². The number of rotatable bonds is 2. The molecule has 0 bridgehead atoms. The maximum atomic E-state index is 9.73. The average molecular weight is 183 g/mol. The largest absolute Gasteiger partial charge is 0.377 e. The molecule has 2 aliphatic rings. The second-order valence-electron chi connectivity index (χ2n) is 4.89. The SMILES string of the molecule is CC(C)C1C(O)N1C1CCCCC1. The van der Waals surface area contributed by atoms with Gasteiger partial charge in [-0.15, -0.1) is 0 Å². The molecule has 1 N–H and O–H groups in total. The average Bonchev–Trinajstić information content (AvgIpc) is 2.79. The molecule has 1 aliphatic heterocycles. The topological polar surface area (TPSA) is 23.2 Å². The normalized spacial score (nSPS) is 41.1. The molecule has 3 atom stereocenters. The Kier molecular flexibility index (Phi) is 2.61. The highest BCUT2D eigenvalue weighted by atomic mass is 16.3. The van der Waals surface area contributed by atoms with Gasteiger partial charge < -0.3 is 5.11 Å². The summed E-state index contributed by atoms with van der Waals surface area (Å²) in [4.78, 5) is 2.32. The van der Waals surface area contributed by atoms with Crippen molar-refractivity contribution in [3.05, 3.63) is 0 Å². The van der Waals surface area contributed by atoms with Crippen molar-refractivity contribution in [2.45, 2.75) is 64.3 Å². The lowest BCUT2D eigenvalue weighted by molar-refractivity contribution is 0.163. The van der Waals surface area contributed by atoms with Crippen molar-refractivity contribution in [3.8, 4) is 0 Å². The molecule has 2 heteroatoms. The van der Waals surface area contributed by atoms with Gasteiger partial charge in [0.25, 0.3) is 0 Å². The Labute approximate surface area is 80.9 Å². The molecule has 76 valence electrons. The van der Waals surface area contributed by atoms with E-state index in [2.05, 4.69) is 18.7 Å². The van der Waals surface area contributed by atoms with Gasteiger partial charge in [-0.2, -0.15) is 0 Å². The standard InChI is InChI=1S/C11H21NO/c1-8(2)10-11(13)12(10)9-6-4-3-5-7-9/h8-11,13H,3-7H2,1-2H3. The Bertz CT molecular complexity index is 175. The van der Waals surface area contributed by atoms with E-state index in [1.807, 2.05) is 0 Å². The summed E-state index contributed by atoms with van der Waals surface area (Å²) >= 11 is 0. The monoisotopic (exact) mass is 183 g/mol. The molecule has 0 radical (unpaired) electrons. The van der Waals surface area contributed by atoms with Crippen LogP contribution in [0.5, 0.6) is 0 Å². The molecule has 2 fully saturated rings. The fraction of sp³-hybridized carbons (Fsp3) is 1.00. The molecule has 0 aromatic rings. The lowest BCUT2D eigenvalue weighted by Gasteiger charge is -2.23. The minimum Gasteiger partial charge on any atom is -0.377 e. The molecule has 0 spiro atoms. The summed E-state index contributed by atoms with van der Waals surface area (Å²) in [7, 11) is 0. The zero-order chi connectivity index (χ0) is 9.42. The number of aliphatic hydroxyl groups is 1. The smallest absolute Gasteiger partial charge is 0.124 e. The molecule has 2 nitrogen and oxygen atoms in total. The minimum atomic E-state index is -0.122. The highest BCUT2D eigenvalue weighted by Crippen LogP contribution is 2.39. The first kappa shape index (κ1) is 9.47. The van der Waals surface area contributed by atoms with Crippen LogP contribution in [-0.4, -0.2) is 28.3 Å². The summed E-state index contributed by atoms with van der Waals surface area (Å²) in [5, 5.41) is 9.73. The Morgan fingerprint density at radius 2 is 1.77 bits per heavy atom. The predicted molar refractivity (Wildman–Crippen MR) is 53.3 cm³/mol. The van der Waals surface area contributed by atoms with Crippen molar-refractivity contribution in [1.82, 2.24) is 4.90 Å². The minimum absolute atomic E-state index is 0.122. The quantitative estimate of drug-likeness (QED) is 0.662. The van der Waals surface area contributed by atoms with Crippen LogP contribution in [0.4, 0.5) is 0 Å². The van der Waals surface area contributed by atoms with Crippen LogP contribution in [0.15, 0.2) is 0 Å². The van der Waals surface area contributed by atoms with Crippen molar-refractivity contribution in [3.63, 3.8) is 0 Å². The van der Waals surface area contributed by atoms with Crippen LogP contribution in [0.25, 0.3) is 0 Å². The molecule has 2 rings (SSSR count). The third-order valence-electron chi connectivity index (χ3n) is 3.54. The Hall–Kier alpha value is -0.0800. The van der Waals surface area contributed by atoms with Crippen LogP contribution < -0.4 is 0 Å². The Morgan fingerprint density at radius 1 is 1.15 bits per heavy atom. The molecule has 1 heterocycles. The number of hydrogen-bond donors (Lipinski definition) is 1. The van der Waals surface area contributed by atoms with Crippen molar-refractivity contribution >= 4 is 0 Å². The van der Waals surface area contributed by atoms with Crippen LogP contribution in [0.3, 0.4) is 0 Å². The van der Waals surface area contributed by atoms with E-state index in [1.54, 1.807) is 0 Å². The van der Waals surface area contributed by atoms with Crippen molar-refractivity contribution in [2.75, 3.05) is 0 Å². The van der Waals surface area contributed by atoms with Crippen molar-refractivity contribution in [2.24, 2.45) is 5.92 Å². The van der Waals surface area contributed by atoms with Crippen LogP contribution in [0.2, 0.25) is 0 Å². The number of hydrogen-bond acceptors (Lipinski definition) is 2. The Balaban J connectivity index is 1.88. The molecule has 1 saturated heterocycles. The summed E-state index contributed by atoms with van der Waals surface area (Å²) in [6, 6.07) is 1.15. The van der Waals surface area contributed by atoms with Crippen LogP contribution in [0.1, 0.15) is 46.0 Å². The van der Waals surface area contributed by atoms with Crippen LogP contribution >= 0.6 is 0 Å². The van der Waals surface area contributed by atoms with Crippen LogP contribution in [0, 0.1) is 5.92 Å². The lowest BCUT2D eigenvalue weighted by atomic mass is 9.95. The second-order valence-corrected chi connectivity index (χ2v) is 4.89. The summed E-state index contributed by atoms with van der Waals surface area (Å²) in [6.45, 7) is 4.41. The van der Waals surface area contributed by atoms with Crippen molar-refractivity contribution in [1.29, 1.82) is 0 Å². The van der Waals surface area contributed by atoms with E-state index < -0.39 is 0 Å². The molecule has 0 aromatic carbocycles. The van der Waals surface area contributed by atoms with E-state index in [9.17, 15) is 5.11 Å². The first-order chi connectivity index (χ1) is 6.22.